The fourth-order valence-electron chi connectivity index (χ4n) is 4.55. The minimum absolute atomic E-state index is 0.0494. The number of anilines is 2. The van der Waals surface area contributed by atoms with Gasteiger partial charge >= 0.3 is 6.03 Å². The van der Waals surface area contributed by atoms with Crippen LogP contribution >= 0.6 is 0 Å². The number of carbonyl (C=O) groups excluding carboxylic acids is 2. The molecule has 3 amide bonds. The molecule has 1 aliphatic rings. The summed E-state index contributed by atoms with van der Waals surface area (Å²) in [6.45, 7) is 6.72. The number of aromatic nitrogens is 3. The smallest absolute Gasteiger partial charge is 0.324 e. The summed E-state index contributed by atoms with van der Waals surface area (Å²) in [5.41, 5.74) is 7.06. The molecule has 0 saturated carbocycles. The van der Waals surface area contributed by atoms with E-state index in [4.69, 9.17) is 9.52 Å². The van der Waals surface area contributed by atoms with Crippen molar-refractivity contribution in [3.63, 3.8) is 0 Å². The summed E-state index contributed by atoms with van der Waals surface area (Å²) in [4.78, 5) is 29.2. The third-order valence-corrected chi connectivity index (χ3v) is 6.58. The van der Waals surface area contributed by atoms with Crippen LogP contribution in [-0.2, 0) is 12.0 Å². The van der Waals surface area contributed by atoms with Crippen LogP contribution in [0.15, 0.2) is 77.5 Å². The first kappa shape index (κ1) is 23.5. The van der Waals surface area contributed by atoms with Gasteiger partial charge in [-0.15, -0.1) is 0 Å². The van der Waals surface area contributed by atoms with Crippen molar-refractivity contribution in [2.24, 2.45) is 0 Å². The van der Waals surface area contributed by atoms with Gasteiger partial charge in [0.1, 0.15) is 11.3 Å². The van der Waals surface area contributed by atoms with Crippen LogP contribution in [0.25, 0.3) is 27.9 Å². The van der Waals surface area contributed by atoms with Crippen LogP contribution in [0, 0.1) is 0 Å². The van der Waals surface area contributed by atoms with Crippen molar-refractivity contribution in [2.45, 2.75) is 32.7 Å². The Balaban J connectivity index is 1.23. The molecule has 6 rings (SSSR count). The SMILES string of the molecule is CC(C)(C)c1cc(NC(=O)Nc2ccc(-c3cccc4c3CNC4=O)cc2)n(-c2ccc3ocnc3c2)n1. The Bertz CT molecular complexity index is 1690. The van der Waals surface area contributed by atoms with Gasteiger partial charge in [-0.05, 0) is 53.1 Å². The molecule has 38 heavy (non-hydrogen) atoms. The summed E-state index contributed by atoms with van der Waals surface area (Å²) in [5.74, 6) is 0.482. The molecule has 190 valence electrons. The van der Waals surface area contributed by atoms with Gasteiger partial charge in [0.05, 0.1) is 11.4 Å². The molecule has 0 unspecified atom stereocenters. The summed E-state index contributed by atoms with van der Waals surface area (Å²) >= 11 is 0. The Kier molecular flexibility index (Phi) is 5.48. The Labute approximate surface area is 218 Å². The maximum atomic E-state index is 13.0. The van der Waals surface area contributed by atoms with Gasteiger partial charge in [-0.25, -0.2) is 14.5 Å². The van der Waals surface area contributed by atoms with Gasteiger partial charge in [-0.3, -0.25) is 10.1 Å². The normalized spacial score (nSPS) is 12.9. The van der Waals surface area contributed by atoms with Crippen molar-refractivity contribution in [3.8, 4) is 16.8 Å². The van der Waals surface area contributed by atoms with E-state index >= 15 is 0 Å². The van der Waals surface area contributed by atoms with Crippen molar-refractivity contribution in [2.75, 3.05) is 10.6 Å². The molecule has 0 saturated heterocycles. The van der Waals surface area contributed by atoms with E-state index in [1.54, 1.807) is 4.68 Å². The van der Waals surface area contributed by atoms with Gasteiger partial charge in [0.25, 0.3) is 5.91 Å². The molecule has 2 aromatic heterocycles. The lowest BCUT2D eigenvalue weighted by Gasteiger charge is -2.14. The number of benzene rings is 3. The largest absolute Gasteiger partial charge is 0.443 e. The summed E-state index contributed by atoms with van der Waals surface area (Å²) in [6.07, 6.45) is 1.40. The first-order valence-electron chi connectivity index (χ1n) is 12.3. The van der Waals surface area contributed by atoms with Crippen LogP contribution in [0.2, 0.25) is 0 Å². The number of hydrogen-bond donors (Lipinski definition) is 3. The lowest BCUT2D eigenvalue weighted by molar-refractivity contribution is 0.0965. The minimum Gasteiger partial charge on any atom is -0.443 e. The molecule has 0 fully saturated rings. The fourth-order valence-corrected chi connectivity index (χ4v) is 4.55. The lowest BCUT2D eigenvalue weighted by atomic mass is 9.92. The Hall–Kier alpha value is -4.92. The molecular weight excluding hydrogens is 480 g/mol. The van der Waals surface area contributed by atoms with Gasteiger partial charge < -0.3 is 15.1 Å². The van der Waals surface area contributed by atoms with Crippen LogP contribution in [0.1, 0.15) is 42.4 Å². The zero-order valence-corrected chi connectivity index (χ0v) is 21.2. The maximum absolute atomic E-state index is 13.0. The first-order chi connectivity index (χ1) is 18.3. The van der Waals surface area contributed by atoms with E-state index in [0.717, 1.165) is 28.1 Å². The zero-order valence-electron chi connectivity index (χ0n) is 21.2. The van der Waals surface area contributed by atoms with E-state index in [1.807, 2.05) is 66.7 Å². The van der Waals surface area contributed by atoms with Crippen molar-refractivity contribution >= 4 is 34.5 Å². The highest BCUT2D eigenvalue weighted by Gasteiger charge is 2.23. The second-order valence-corrected chi connectivity index (χ2v) is 10.3. The van der Waals surface area contributed by atoms with Gasteiger partial charge in [-0.1, -0.05) is 45.0 Å². The molecule has 3 heterocycles. The van der Waals surface area contributed by atoms with E-state index < -0.39 is 6.03 Å². The third kappa shape index (κ3) is 4.28. The topological polar surface area (TPSA) is 114 Å². The molecule has 3 N–H and O–H groups in total. The summed E-state index contributed by atoms with van der Waals surface area (Å²) < 4.78 is 7.05. The second-order valence-electron chi connectivity index (χ2n) is 10.3. The van der Waals surface area contributed by atoms with Crippen molar-refractivity contribution < 1.29 is 14.0 Å². The van der Waals surface area contributed by atoms with E-state index in [-0.39, 0.29) is 11.3 Å². The van der Waals surface area contributed by atoms with Crippen molar-refractivity contribution in [1.29, 1.82) is 0 Å². The van der Waals surface area contributed by atoms with Gasteiger partial charge in [-0.2, -0.15) is 5.10 Å². The monoisotopic (exact) mass is 506 g/mol. The average Bonchev–Trinajstić information content (AvgIpc) is 3.62. The molecule has 0 atom stereocenters. The van der Waals surface area contributed by atoms with Gasteiger partial charge in [0.2, 0.25) is 0 Å². The summed E-state index contributed by atoms with van der Waals surface area (Å²) in [5, 5.41) is 13.5. The highest BCUT2D eigenvalue weighted by atomic mass is 16.3. The average molecular weight is 507 g/mol. The molecule has 9 nitrogen and oxygen atoms in total. The summed E-state index contributed by atoms with van der Waals surface area (Å²) in [7, 11) is 0. The molecule has 0 aliphatic carbocycles. The van der Waals surface area contributed by atoms with Crippen molar-refractivity contribution in [3.05, 3.63) is 89.9 Å². The number of urea groups is 1. The number of nitrogens with one attached hydrogen (secondary N) is 3. The zero-order chi connectivity index (χ0) is 26.4. The van der Waals surface area contributed by atoms with Gasteiger partial charge in [0.15, 0.2) is 12.0 Å². The quantitative estimate of drug-likeness (QED) is 0.282. The number of nitrogens with zero attached hydrogens (tertiary/aromatic N) is 3. The maximum Gasteiger partial charge on any atom is 0.324 e. The van der Waals surface area contributed by atoms with E-state index in [9.17, 15) is 9.59 Å². The van der Waals surface area contributed by atoms with Crippen LogP contribution in [-0.4, -0.2) is 26.7 Å². The van der Waals surface area contributed by atoms with Crippen molar-refractivity contribution in [1.82, 2.24) is 20.1 Å². The first-order valence-corrected chi connectivity index (χ1v) is 12.3. The van der Waals surface area contributed by atoms with Gasteiger partial charge in [0, 0.05) is 29.3 Å². The van der Waals surface area contributed by atoms with Crippen LogP contribution in [0.5, 0.6) is 0 Å². The third-order valence-electron chi connectivity index (χ3n) is 6.58. The predicted octanol–water partition coefficient (Wildman–Crippen LogP) is 5.87. The number of rotatable bonds is 4. The highest BCUT2D eigenvalue weighted by molar-refractivity contribution is 6.01. The number of oxazole rings is 1. The van der Waals surface area contributed by atoms with Crippen LogP contribution in [0.4, 0.5) is 16.3 Å². The number of carbonyl (C=O) groups is 2. The molecule has 9 heteroatoms. The van der Waals surface area contributed by atoms with Crippen LogP contribution in [0.3, 0.4) is 0 Å². The molecule has 0 spiro atoms. The molecule has 0 bridgehead atoms. The van der Waals surface area contributed by atoms with E-state index in [2.05, 4.69) is 41.7 Å². The van der Waals surface area contributed by atoms with E-state index in [1.165, 1.54) is 6.39 Å². The highest BCUT2D eigenvalue weighted by Crippen LogP contribution is 2.31. The molecular formula is C29H26N6O3. The van der Waals surface area contributed by atoms with E-state index in [0.29, 0.717) is 34.7 Å². The number of amides is 3. The molecule has 5 aromatic rings. The lowest BCUT2D eigenvalue weighted by Crippen LogP contribution is -2.21. The summed E-state index contributed by atoms with van der Waals surface area (Å²) in [6, 6.07) is 20.3. The Morgan fingerprint density at radius 1 is 1.00 bits per heavy atom. The minimum atomic E-state index is -0.391. The number of hydrogen-bond acceptors (Lipinski definition) is 5. The fraction of sp³-hybridized carbons (Fsp3) is 0.172. The molecule has 0 radical (unpaired) electrons. The second kappa shape index (κ2) is 8.88. The number of fused-ring (bicyclic) bond motifs is 2. The van der Waals surface area contributed by atoms with Crippen LogP contribution < -0.4 is 16.0 Å². The molecule has 3 aromatic carbocycles. The Morgan fingerprint density at radius 2 is 1.79 bits per heavy atom. The molecule has 1 aliphatic heterocycles. The predicted molar refractivity (Wildman–Crippen MR) is 146 cm³/mol. The standard InChI is InChI=1S/C29H26N6O3/c1-29(2,3)25-14-26(35(34-25)19-11-12-24-23(13-19)31-16-38-24)33-28(37)32-18-9-7-17(8-10-18)20-5-4-6-21-22(20)15-30-27(21)36/h4-14,16H,15H2,1-3H3,(H,30,36)(H2,32,33,37). The Morgan fingerprint density at radius 3 is 2.58 bits per heavy atom.